The number of amides is 1. The van der Waals surface area contributed by atoms with Gasteiger partial charge in [0, 0.05) is 38.8 Å². The zero-order valence-corrected chi connectivity index (χ0v) is 16.5. The van der Waals surface area contributed by atoms with Crippen molar-refractivity contribution in [3.8, 4) is 0 Å². The van der Waals surface area contributed by atoms with Gasteiger partial charge in [-0.25, -0.2) is 0 Å². The summed E-state index contributed by atoms with van der Waals surface area (Å²) in [5.41, 5.74) is 7.22. The van der Waals surface area contributed by atoms with E-state index in [0.717, 1.165) is 44.0 Å². The minimum absolute atomic E-state index is 0. The minimum atomic E-state index is -0.0121. The second-order valence-corrected chi connectivity index (χ2v) is 7.42. The smallest absolute Gasteiger partial charge is 0.245 e. The van der Waals surface area contributed by atoms with Crippen LogP contribution >= 0.6 is 24.8 Å². The molecule has 3 rings (SSSR count). The molecule has 2 aliphatic heterocycles. The van der Waals surface area contributed by atoms with E-state index in [1.54, 1.807) is 4.68 Å². The number of hydrogen-bond acceptors (Lipinski definition) is 4. The van der Waals surface area contributed by atoms with Crippen LogP contribution in [0.4, 0.5) is 5.82 Å². The number of halogens is 2. The maximum Gasteiger partial charge on any atom is 0.245 e. The average molecular weight is 378 g/mol. The number of hydrogen-bond donors (Lipinski definition) is 1. The lowest BCUT2D eigenvalue weighted by molar-refractivity contribution is -0.123. The fraction of sp³-hybridized carbons (Fsp3) is 0.750. The highest BCUT2D eigenvalue weighted by molar-refractivity contribution is 5.98. The standard InChI is InChI=1S/C16H27N5O.2ClH/c1-11-9-14(19(4)18-11)21-8-5-12(15(21)22)20-7-6-13(17)16(2,3)10-20;;/h9,12-13H,5-8,10,17H2,1-4H3;2*1H. The highest BCUT2D eigenvalue weighted by Gasteiger charge is 2.42. The van der Waals surface area contributed by atoms with Crippen LogP contribution in [0.1, 0.15) is 32.4 Å². The number of likely N-dealkylation sites (tertiary alicyclic amines) is 1. The maximum atomic E-state index is 12.9. The number of carbonyl (C=O) groups is 1. The first kappa shape index (κ1) is 21.2. The van der Waals surface area contributed by atoms with E-state index >= 15 is 0 Å². The maximum absolute atomic E-state index is 12.9. The van der Waals surface area contributed by atoms with Crippen molar-refractivity contribution in [1.29, 1.82) is 0 Å². The van der Waals surface area contributed by atoms with Gasteiger partial charge in [-0.1, -0.05) is 13.8 Å². The first-order valence-electron chi connectivity index (χ1n) is 8.11. The zero-order chi connectivity index (χ0) is 16.1. The molecular weight excluding hydrogens is 349 g/mol. The van der Waals surface area contributed by atoms with E-state index in [1.807, 2.05) is 24.9 Å². The number of nitrogens with two attached hydrogens (primary N) is 1. The quantitative estimate of drug-likeness (QED) is 0.851. The van der Waals surface area contributed by atoms with Crippen LogP contribution in [0.15, 0.2) is 6.07 Å². The summed E-state index contributed by atoms with van der Waals surface area (Å²) >= 11 is 0. The second kappa shape index (κ2) is 7.60. The number of piperidine rings is 1. The third kappa shape index (κ3) is 3.72. The molecule has 2 fully saturated rings. The van der Waals surface area contributed by atoms with Crippen LogP contribution in [0.5, 0.6) is 0 Å². The predicted octanol–water partition coefficient (Wildman–Crippen LogP) is 1.74. The van der Waals surface area contributed by atoms with Crippen LogP contribution in [0.2, 0.25) is 0 Å². The summed E-state index contributed by atoms with van der Waals surface area (Å²) in [6.07, 6.45) is 1.84. The van der Waals surface area contributed by atoms with Crippen molar-refractivity contribution >= 4 is 36.5 Å². The number of aryl methyl sites for hydroxylation is 2. The molecule has 2 atom stereocenters. The molecule has 1 amide bonds. The number of anilines is 1. The number of nitrogens with zero attached hydrogens (tertiary/aromatic N) is 4. The molecule has 0 spiro atoms. The van der Waals surface area contributed by atoms with E-state index in [0.29, 0.717) is 0 Å². The Hall–Kier alpha value is -0.820. The van der Waals surface area contributed by atoms with E-state index in [1.165, 1.54) is 0 Å². The fourth-order valence-corrected chi connectivity index (χ4v) is 3.76. The van der Waals surface area contributed by atoms with E-state index < -0.39 is 0 Å². The van der Waals surface area contributed by atoms with Gasteiger partial charge in [-0.05, 0) is 25.2 Å². The molecule has 138 valence electrons. The Balaban J connectivity index is 0.00000144. The zero-order valence-electron chi connectivity index (χ0n) is 14.9. The van der Waals surface area contributed by atoms with Crippen molar-refractivity contribution in [1.82, 2.24) is 14.7 Å². The number of aromatic nitrogens is 2. The molecule has 0 aromatic carbocycles. The third-order valence-corrected chi connectivity index (χ3v) is 5.21. The highest BCUT2D eigenvalue weighted by Crippen LogP contribution is 2.32. The van der Waals surface area contributed by atoms with Gasteiger partial charge >= 0.3 is 0 Å². The van der Waals surface area contributed by atoms with Gasteiger partial charge in [-0.3, -0.25) is 19.3 Å². The summed E-state index contributed by atoms with van der Waals surface area (Å²) < 4.78 is 1.80. The molecule has 3 heterocycles. The lowest BCUT2D eigenvalue weighted by atomic mass is 9.79. The van der Waals surface area contributed by atoms with E-state index in [2.05, 4.69) is 23.8 Å². The van der Waals surface area contributed by atoms with Gasteiger partial charge in [-0.15, -0.1) is 24.8 Å². The number of rotatable bonds is 2. The summed E-state index contributed by atoms with van der Waals surface area (Å²) in [5, 5.41) is 4.35. The van der Waals surface area contributed by atoms with Crippen molar-refractivity contribution in [3.63, 3.8) is 0 Å². The Morgan fingerprint density at radius 3 is 2.46 bits per heavy atom. The lowest BCUT2D eigenvalue weighted by Crippen LogP contribution is -2.56. The second-order valence-electron chi connectivity index (χ2n) is 7.42. The highest BCUT2D eigenvalue weighted by atomic mass is 35.5. The van der Waals surface area contributed by atoms with Crippen LogP contribution in [0, 0.1) is 12.3 Å². The van der Waals surface area contributed by atoms with Crippen LogP contribution in [-0.4, -0.2) is 52.3 Å². The van der Waals surface area contributed by atoms with Gasteiger partial charge in [0.2, 0.25) is 5.91 Å². The van der Waals surface area contributed by atoms with Crippen LogP contribution < -0.4 is 10.6 Å². The summed E-state index contributed by atoms with van der Waals surface area (Å²) in [6.45, 7) is 8.93. The molecule has 1 aromatic rings. The fourth-order valence-electron chi connectivity index (χ4n) is 3.76. The molecule has 8 heteroatoms. The molecule has 1 aromatic heterocycles. The van der Waals surface area contributed by atoms with E-state index in [4.69, 9.17) is 5.73 Å². The Bertz CT molecular complexity index is 589. The van der Waals surface area contributed by atoms with Gasteiger partial charge in [0.1, 0.15) is 5.82 Å². The van der Waals surface area contributed by atoms with E-state index in [-0.39, 0.29) is 48.2 Å². The lowest BCUT2D eigenvalue weighted by Gasteiger charge is -2.44. The molecule has 2 unspecified atom stereocenters. The molecule has 0 saturated carbocycles. The first-order chi connectivity index (χ1) is 10.3. The average Bonchev–Trinajstić information content (AvgIpc) is 2.95. The molecular formula is C16H29Cl2N5O. The monoisotopic (exact) mass is 377 g/mol. The summed E-state index contributed by atoms with van der Waals surface area (Å²) in [4.78, 5) is 17.1. The first-order valence-corrected chi connectivity index (χ1v) is 8.11. The van der Waals surface area contributed by atoms with Crippen molar-refractivity contribution in [3.05, 3.63) is 11.8 Å². The van der Waals surface area contributed by atoms with Gasteiger partial charge in [-0.2, -0.15) is 5.10 Å². The Labute approximate surface area is 156 Å². The SMILES string of the molecule is Cc1cc(N2CCC(N3CCC(N)C(C)(C)C3)C2=O)n(C)n1.Cl.Cl. The largest absolute Gasteiger partial charge is 0.327 e. The number of carbonyl (C=O) groups excluding carboxylic acids is 1. The van der Waals surface area contributed by atoms with Crippen LogP contribution in [0.25, 0.3) is 0 Å². The predicted molar refractivity (Wildman–Crippen MR) is 101 cm³/mol. The molecule has 2 N–H and O–H groups in total. The minimum Gasteiger partial charge on any atom is -0.327 e. The summed E-state index contributed by atoms with van der Waals surface area (Å²) in [7, 11) is 1.89. The van der Waals surface area contributed by atoms with Crippen LogP contribution in [0.3, 0.4) is 0 Å². The van der Waals surface area contributed by atoms with Gasteiger partial charge < -0.3 is 5.73 Å². The van der Waals surface area contributed by atoms with Gasteiger partial charge in [0.15, 0.2) is 0 Å². The van der Waals surface area contributed by atoms with Crippen molar-refractivity contribution in [2.45, 2.75) is 45.7 Å². The van der Waals surface area contributed by atoms with Gasteiger partial charge in [0.05, 0.1) is 11.7 Å². The molecule has 24 heavy (non-hydrogen) atoms. The van der Waals surface area contributed by atoms with Crippen molar-refractivity contribution < 1.29 is 4.79 Å². The molecule has 6 nitrogen and oxygen atoms in total. The normalized spacial score (nSPS) is 26.9. The Morgan fingerprint density at radius 1 is 1.25 bits per heavy atom. The van der Waals surface area contributed by atoms with Crippen molar-refractivity contribution in [2.75, 3.05) is 24.5 Å². The van der Waals surface area contributed by atoms with Crippen molar-refractivity contribution in [2.24, 2.45) is 18.2 Å². The third-order valence-electron chi connectivity index (χ3n) is 5.21. The Kier molecular flexibility index (Phi) is 6.72. The molecule has 0 aliphatic carbocycles. The molecule has 2 saturated heterocycles. The molecule has 2 aliphatic rings. The van der Waals surface area contributed by atoms with E-state index in [9.17, 15) is 4.79 Å². The van der Waals surface area contributed by atoms with Crippen LogP contribution in [-0.2, 0) is 11.8 Å². The molecule has 0 radical (unpaired) electrons. The van der Waals surface area contributed by atoms with Gasteiger partial charge in [0.25, 0.3) is 0 Å². The summed E-state index contributed by atoms with van der Waals surface area (Å²) in [6, 6.07) is 2.19. The molecule has 0 bridgehead atoms. The Morgan fingerprint density at radius 2 is 1.92 bits per heavy atom. The topological polar surface area (TPSA) is 67.4 Å². The summed E-state index contributed by atoms with van der Waals surface area (Å²) in [5.74, 6) is 1.10.